The molecule has 10 heavy (non-hydrogen) atoms. The van der Waals surface area contributed by atoms with E-state index in [1.807, 2.05) is 0 Å². The highest BCUT2D eigenvalue weighted by Gasteiger charge is 1.96. The molecule has 0 aliphatic heterocycles. The average molecular weight is 138 g/mol. The zero-order chi connectivity index (χ0) is 8.15. The fraction of sp³-hybridized carbons (Fsp3) is 0.600. The molecule has 0 aromatic carbocycles. The quantitative estimate of drug-likeness (QED) is 0.522. The van der Waals surface area contributed by atoms with E-state index in [0.717, 1.165) is 12.8 Å². The number of hydrogen-bond acceptors (Lipinski definition) is 0. The highest BCUT2D eigenvalue weighted by molar-refractivity contribution is 5.29. The summed E-state index contributed by atoms with van der Waals surface area (Å²) >= 11 is 0. The van der Waals surface area contributed by atoms with Crippen LogP contribution in [0.1, 0.15) is 40.5 Å². The minimum atomic E-state index is 1.07. The summed E-state index contributed by atoms with van der Waals surface area (Å²) in [6.07, 6.45) is 2.22. The van der Waals surface area contributed by atoms with Crippen molar-refractivity contribution in [1.82, 2.24) is 0 Å². The van der Waals surface area contributed by atoms with Crippen molar-refractivity contribution < 1.29 is 0 Å². The van der Waals surface area contributed by atoms with E-state index in [9.17, 15) is 0 Å². The van der Waals surface area contributed by atoms with Gasteiger partial charge in [-0.3, -0.25) is 0 Å². The third kappa shape index (κ3) is 2.38. The zero-order valence-corrected chi connectivity index (χ0v) is 7.62. The van der Waals surface area contributed by atoms with Crippen LogP contribution >= 0.6 is 0 Å². The Morgan fingerprint density at radius 1 is 1.10 bits per heavy atom. The molecule has 0 unspecified atom stereocenters. The van der Waals surface area contributed by atoms with Gasteiger partial charge in [0.2, 0.25) is 0 Å². The predicted molar refractivity (Wildman–Crippen MR) is 48.1 cm³/mol. The lowest BCUT2D eigenvalue weighted by atomic mass is 10.0. The average Bonchev–Trinajstić information content (AvgIpc) is 2.00. The molecule has 0 atom stereocenters. The van der Waals surface area contributed by atoms with Gasteiger partial charge in [0.05, 0.1) is 0 Å². The minimum Gasteiger partial charge on any atom is -0.0956 e. The monoisotopic (exact) mass is 138 g/mol. The molecule has 0 radical (unpaired) electrons. The van der Waals surface area contributed by atoms with Gasteiger partial charge in [0, 0.05) is 0 Å². The number of rotatable bonds is 3. The van der Waals surface area contributed by atoms with E-state index < -0.39 is 0 Å². The third-order valence-corrected chi connectivity index (χ3v) is 2.13. The number of hydrogen-bond donors (Lipinski definition) is 0. The maximum absolute atomic E-state index is 3.98. The first-order chi connectivity index (χ1) is 4.63. The molecule has 0 fully saturated rings. The van der Waals surface area contributed by atoms with Gasteiger partial charge in [-0.2, -0.15) is 0 Å². The van der Waals surface area contributed by atoms with E-state index in [-0.39, 0.29) is 0 Å². The van der Waals surface area contributed by atoms with Crippen molar-refractivity contribution in [1.29, 1.82) is 0 Å². The molecule has 0 N–H and O–H groups in total. The van der Waals surface area contributed by atoms with Crippen LogP contribution in [-0.4, -0.2) is 0 Å². The topological polar surface area (TPSA) is 0 Å². The summed E-state index contributed by atoms with van der Waals surface area (Å²) in [7, 11) is 0. The van der Waals surface area contributed by atoms with Gasteiger partial charge in [-0.15, -0.1) is 0 Å². The van der Waals surface area contributed by atoms with E-state index >= 15 is 0 Å². The first-order valence-corrected chi connectivity index (χ1v) is 3.97. The first-order valence-electron chi connectivity index (χ1n) is 3.97. The van der Waals surface area contributed by atoms with Crippen LogP contribution < -0.4 is 0 Å². The predicted octanol–water partition coefficient (Wildman–Crippen LogP) is 3.70. The number of allylic oxidation sites excluding steroid dienone is 3. The molecule has 0 amide bonds. The van der Waals surface area contributed by atoms with Crippen molar-refractivity contribution in [2.24, 2.45) is 0 Å². The maximum atomic E-state index is 3.98. The minimum absolute atomic E-state index is 1.07. The van der Waals surface area contributed by atoms with Crippen molar-refractivity contribution in [2.45, 2.75) is 40.5 Å². The van der Waals surface area contributed by atoms with Crippen LogP contribution in [0, 0.1) is 0 Å². The van der Waals surface area contributed by atoms with Gasteiger partial charge in [-0.05, 0) is 32.3 Å². The Kier molecular flexibility index (Phi) is 4.10. The standard InChI is InChI=1S/C10H18/c1-6-8(3)10(5)9(4)7-2/h3,6-7H2,1-2,4-5H3/b10-9+. The fourth-order valence-electron chi connectivity index (χ4n) is 0.832. The third-order valence-electron chi connectivity index (χ3n) is 2.13. The summed E-state index contributed by atoms with van der Waals surface area (Å²) in [5.74, 6) is 0. The van der Waals surface area contributed by atoms with Gasteiger partial charge < -0.3 is 0 Å². The summed E-state index contributed by atoms with van der Waals surface area (Å²) in [5, 5.41) is 0. The molecule has 0 heterocycles. The van der Waals surface area contributed by atoms with Crippen molar-refractivity contribution in [3.8, 4) is 0 Å². The summed E-state index contributed by atoms with van der Waals surface area (Å²) in [4.78, 5) is 0. The van der Waals surface area contributed by atoms with Crippen LogP contribution in [0.4, 0.5) is 0 Å². The molecule has 0 nitrogen and oxygen atoms in total. The highest BCUT2D eigenvalue weighted by Crippen LogP contribution is 2.16. The largest absolute Gasteiger partial charge is 0.0956 e. The van der Waals surface area contributed by atoms with Crippen LogP contribution in [0.5, 0.6) is 0 Å². The second kappa shape index (κ2) is 4.32. The van der Waals surface area contributed by atoms with Gasteiger partial charge in [-0.1, -0.05) is 31.6 Å². The molecule has 0 aromatic heterocycles. The molecular weight excluding hydrogens is 120 g/mol. The molecule has 0 aromatic rings. The van der Waals surface area contributed by atoms with Gasteiger partial charge in [0.1, 0.15) is 0 Å². The lowest BCUT2D eigenvalue weighted by Crippen LogP contribution is -1.85. The van der Waals surface area contributed by atoms with Gasteiger partial charge >= 0.3 is 0 Å². The van der Waals surface area contributed by atoms with E-state index in [0.29, 0.717) is 0 Å². The highest BCUT2D eigenvalue weighted by atomic mass is 14.0. The summed E-state index contributed by atoms with van der Waals surface area (Å²) in [6, 6.07) is 0. The molecule has 0 saturated heterocycles. The molecule has 0 aliphatic rings. The lowest BCUT2D eigenvalue weighted by Gasteiger charge is -2.06. The van der Waals surface area contributed by atoms with Crippen molar-refractivity contribution in [2.75, 3.05) is 0 Å². The molecule has 58 valence electrons. The van der Waals surface area contributed by atoms with Crippen LogP contribution in [-0.2, 0) is 0 Å². The Bertz CT molecular complexity index is 149. The van der Waals surface area contributed by atoms with E-state index in [2.05, 4.69) is 34.3 Å². The van der Waals surface area contributed by atoms with Gasteiger partial charge in [-0.25, -0.2) is 0 Å². The van der Waals surface area contributed by atoms with E-state index in [1.165, 1.54) is 16.7 Å². The van der Waals surface area contributed by atoms with Gasteiger partial charge in [0.25, 0.3) is 0 Å². The molecular formula is C10H18. The Morgan fingerprint density at radius 2 is 1.60 bits per heavy atom. The van der Waals surface area contributed by atoms with Crippen molar-refractivity contribution >= 4 is 0 Å². The fourth-order valence-corrected chi connectivity index (χ4v) is 0.832. The van der Waals surface area contributed by atoms with Crippen LogP contribution in [0.3, 0.4) is 0 Å². The normalized spacial score (nSPS) is 12.8. The van der Waals surface area contributed by atoms with E-state index in [1.54, 1.807) is 0 Å². The molecule has 0 bridgehead atoms. The second-order valence-electron chi connectivity index (χ2n) is 2.72. The second-order valence-corrected chi connectivity index (χ2v) is 2.72. The van der Waals surface area contributed by atoms with Crippen molar-refractivity contribution in [3.05, 3.63) is 23.3 Å². The van der Waals surface area contributed by atoms with E-state index in [4.69, 9.17) is 0 Å². The first kappa shape index (κ1) is 9.48. The summed E-state index contributed by atoms with van der Waals surface area (Å²) in [5.41, 5.74) is 4.14. The summed E-state index contributed by atoms with van der Waals surface area (Å²) in [6.45, 7) is 12.6. The molecule has 0 rings (SSSR count). The van der Waals surface area contributed by atoms with Crippen molar-refractivity contribution in [3.63, 3.8) is 0 Å². The smallest absolute Gasteiger partial charge is 0.0311 e. The molecule has 0 spiro atoms. The Morgan fingerprint density at radius 3 is 1.90 bits per heavy atom. The van der Waals surface area contributed by atoms with Crippen LogP contribution in [0.25, 0.3) is 0 Å². The molecule has 0 saturated carbocycles. The Labute approximate surface area is 64.6 Å². The van der Waals surface area contributed by atoms with Crippen LogP contribution in [0.15, 0.2) is 23.3 Å². The van der Waals surface area contributed by atoms with Crippen LogP contribution in [0.2, 0.25) is 0 Å². The molecule has 0 aliphatic carbocycles. The SMILES string of the molecule is C=C(CC)/C(C)=C(\C)CC. The maximum Gasteiger partial charge on any atom is -0.0311 e. The van der Waals surface area contributed by atoms with Gasteiger partial charge in [0.15, 0.2) is 0 Å². The lowest BCUT2D eigenvalue weighted by molar-refractivity contribution is 1.02. The zero-order valence-electron chi connectivity index (χ0n) is 7.62. The molecule has 0 heteroatoms. The Balaban J connectivity index is 4.30. The summed E-state index contributed by atoms with van der Waals surface area (Å²) < 4.78 is 0. The Hall–Kier alpha value is -0.520.